The summed E-state index contributed by atoms with van der Waals surface area (Å²) in [5.41, 5.74) is 1.61. The first-order chi connectivity index (χ1) is 10.0. The average molecular weight is 351 g/mol. The van der Waals surface area contributed by atoms with Gasteiger partial charge in [-0.25, -0.2) is 0 Å². The second-order valence-electron chi connectivity index (χ2n) is 4.56. The van der Waals surface area contributed by atoms with Crippen LogP contribution >= 0.6 is 15.9 Å². The van der Waals surface area contributed by atoms with Gasteiger partial charge in [-0.1, -0.05) is 34.1 Å². The quantitative estimate of drug-likeness (QED) is 0.648. The van der Waals surface area contributed by atoms with Crippen LogP contribution in [0.1, 0.15) is 11.1 Å². The van der Waals surface area contributed by atoms with Gasteiger partial charge < -0.3 is 10.1 Å². The van der Waals surface area contributed by atoms with Gasteiger partial charge in [-0.15, -0.1) is 0 Å². The summed E-state index contributed by atoms with van der Waals surface area (Å²) in [4.78, 5) is 10.7. The summed E-state index contributed by atoms with van der Waals surface area (Å²) >= 11 is 3.39. The van der Waals surface area contributed by atoms with Crippen molar-refractivity contribution in [3.05, 3.63) is 62.1 Å². The fourth-order valence-corrected chi connectivity index (χ4v) is 2.32. The SMILES string of the molecule is CNCc1ccc(Br)cc1Oc1c(C)cccc1[N+](=O)[O-]. The number of ether oxygens (including phenoxy) is 1. The van der Waals surface area contributed by atoms with Crippen molar-refractivity contribution in [2.75, 3.05) is 7.05 Å². The largest absolute Gasteiger partial charge is 0.449 e. The van der Waals surface area contributed by atoms with Crippen molar-refractivity contribution in [3.63, 3.8) is 0 Å². The molecule has 0 saturated carbocycles. The number of hydrogen-bond acceptors (Lipinski definition) is 4. The van der Waals surface area contributed by atoms with E-state index >= 15 is 0 Å². The minimum atomic E-state index is -0.432. The van der Waals surface area contributed by atoms with Gasteiger partial charge in [-0.2, -0.15) is 0 Å². The Labute approximate surface area is 131 Å². The lowest BCUT2D eigenvalue weighted by atomic mass is 10.1. The van der Waals surface area contributed by atoms with Crippen LogP contribution < -0.4 is 10.1 Å². The summed E-state index contributed by atoms with van der Waals surface area (Å²) in [7, 11) is 1.84. The van der Waals surface area contributed by atoms with Crippen molar-refractivity contribution in [1.82, 2.24) is 5.32 Å². The summed E-state index contributed by atoms with van der Waals surface area (Å²) in [6.45, 7) is 2.40. The zero-order valence-corrected chi connectivity index (χ0v) is 13.3. The molecule has 0 aliphatic rings. The van der Waals surface area contributed by atoms with Crippen LogP contribution in [0.4, 0.5) is 5.69 Å². The predicted molar refractivity (Wildman–Crippen MR) is 84.8 cm³/mol. The molecule has 0 amide bonds. The molecule has 0 aliphatic heterocycles. The molecule has 2 aromatic carbocycles. The molecule has 1 N–H and O–H groups in total. The van der Waals surface area contributed by atoms with E-state index in [1.807, 2.05) is 25.2 Å². The molecule has 6 heteroatoms. The molecule has 0 spiro atoms. The molecular weight excluding hydrogens is 336 g/mol. The fraction of sp³-hybridized carbons (Fsp3) is 0.200. The van der Waals surface area contributed by atoms with Crippen molar-refractivity contribution < 1.29 is 9.66 Å². The van der Waals surface area contributed by atoms with Gasteiger partial charge in [0.05, 0.1) is 4.92 Å². The molecule has 2 rings (SSSR count). The van der Waals surface area contributed by atoms with Crippen LogP contribution in [-0.2, 0) is 6.54 Å². The zero-order valence-electron chi connectivity index (χ0n) is 11.7. The number of nitro groups is 1. The lowest BCUT2D eigenvalue weighted by Crippen LogP contribution is -2.07. The van der Waals surface area contributed by atoms with E-state index in [0.29, 0.717) is 12.3 Å². The summed E-state index contributed by atoms with van der Waals surface area (Å²) in [6.07, 6.45) is 0. The predicted octanol–water partition coefficient (Wildman–Crippen LogP) is 4.18. The Bertz CT molecular complexity index is 674. The monoisotopic (exact) mass is 350 g/mol. The molecule has 0 aliphatic carbocycles. The molecular formula is C15H15BrN2O3. The first-order valence-corrected chi connectivity index (χ1v) is 7.17. The Hall–Kier alpha value is -1.92. The van der Waals surface area contributed by atoms with Crippen LogP contribution in [0.25, 0.3) is 0 Å². The standard InChI is InChI=1S/C15H15BrN2O3/c1-10-4-3-5-13(18(19)20)15(10)21-14-8-12(16)7-6-11(14)9-17-2/h3-8,17H,9H2,1-2H3. The zero-order chi connectivity index (χ0) is 15.4. The van der Waals surface area contributed by atoms with Crippen LogP contribution in [0.2, 0.25) is 0 Å². The number of halogens is 1. The van der Waals surface area contributed by atoms with Crippen molar-refractivity contribution in [1.29, 1.82) is 0 Å². The van der Waals surface area contributed by atoms with Gasteiger partial charge in [0.2, 0.25) is 5.75 Å². The van der Waals surface area contributed by atoms with Crippen LogP contribution in [0.3, 0.4) is 0 Å². The normalized spacial score (nSPS) is 10.4. The minimum absolute atomic E-state index is 0.0367. The highest BCUT2D eigenvalue weighted by molar-refractivity contribution is 9.10. The topological polar surface area (TPSA) is 64.4 Å². The Morgan fingerprint density at radius 2 is 2.10 bits per heavy atom. The van der Waals surface area contributed by atoms with E-state index in [1.54, 1.807) is 19.1 Å². The summed E-state index contributed by atoms with van der Waals surface area (Å²) in [5, 5.41) is 14.2. The fourth-order valence-electron chi connectivity index (χ4n) is 1.98. The molecule has 0 atom stereocenters. The molecule has 0 heterocycles. The summed E-state index contributed by atoms with van der Waals surface area (Å²) < 4.78 is 6.71. The van der Waals surface area contributed by atoms with Crippen LogP contribution in [0.5, 0.6) is 11.5 Å². The smallest absolute Gasteiger partial charge is 0.311 e. The molecule has 5 nitrogen and oxygen atoms in total. The van der Waals surface area contributed by atoms with Crippen LogP contribution in [0.15, 0.2) is 40.9 Å². The van der Waals surface area contributed by atoms with E-state index in [-0.39, 0.29) is 11.4 Å². The van der Waals surface area contributed by atoms with Gasteiger partial charge in [0.15, 0.2) is 0 Å². The molecule has 21 heavy (non-hydrogen) atoms. The number of hydrogen-bond donors (Lipinski definition) is 1. The van der Waals surface area contributed by atoms with Crippen molar-refractivity contribution in [2.24, 2.45) is 0 Å². The lowest BCUT2D eigenvalue weighted by Gasteiger charge is -2.13. The second-order valence-corrected chi connectivity index (χ2v) is 5.48. The number of benzene rings is 2. The van der Waals surface area contributed by atoms with E-state index in [4.69, 9.17) is 4.74 Å². The van der Waals surface area contributed by atoms with Gasteiger partial charge in [0.1, 0.15) is 5.75 Å². The van der Waals surface area contributed by atoms with Gasteiger partial charge in [-0.3, -0.25) is 10.1 Å². The number of para-hydroxylation sites is 1. The lowest BCUT2D eigenvalue weighted by molar-refractivity contribution is -0.385. The Balaban J connectivity index is 2.47. The number of nitrogens with one attached hydrogen (secondary N) is 1. The highest BCUT2D eigenvalue weighted by atomic mass is 79.9. The van der Waals surface area contributed by atoms with E-state index in [1.165, 1.54) is 6.07 Å². The summed E-state index contributed by atoms with van der Waals surface area (Å²) in [5.74, 6) is 0.870. The molecule has 0 radical (unpaired) electrons. The Morgan fingerprint density at radius 1 is 1.33 bits per heavy atom. The molecule has 0 unspecified atom stereocenters. The third-order valence-electron chi connectivity index (χ3n) is 3.00. The number of aryl methyl sites for hydroxylation is 1. The van der Waals surface area contributed by atoms with Crippen molar-refractivity contribution in [2.45, 2.75) is 13.5 Å². The maximum atomic E-state index is 11.1. The average Bonchev–Trinajstić information content (AvgIpc) is 2.44. The molecule has 110 valence electrons. The van der Waals surface area contributed by atoms with E-state index < -0.39 is 4.92 Å². The number of nitro benzene ring substituents is 1. The van der Waals surface area contributed by atoms with Crippen molar-refractivity contribution >= 4 is 21.6 Å². The van der Waals surface area contributed by atoms with E-state index in [2.05, 4.69) is 21.2 Å². The highest BCUT2D eigenvalue weighted by Gasteiger charge is 2.19. The highest BCUT2D eigenvalue weighted by Crippen LogP contribution is 2.36. The maximum absolute atomic E-state index is 11.1. The summed E-state index contributed by atoms with van der Waals surface area (Å²) in [6, 6.07) is 10.5. The minimum Gasteiger partial charge on any atom is -0.449 e. The third kappa shape index (κ3) is 3.59. The van der Waals surface area contributed by atoms with Gasteiger partial charge in [0, 0.05) is 22.6 Å². The molecule has 0 saturated heterocycles. The molecule has 0 bridgehead atoms. The first kappa shape index (κ1) is 15.5. The Morgan fingerprint density at radius 3 is 2.76 bits per heavy atom. The molecule has 0 fully saturated rings. The van der Waals surface area contributed by atoms with E-state index in [9.17, 15) is 10.1 Å². The second kappa shape index (κ2) is 6.69. The van der Waals surface area contributed by atoms with Crippen molar-refractivity contribution in [3.8, 4) is 11.5 Å². The first-order valence-electron chi connectivity index (χ1n) is 6.38. The van der Waals surface area contributed by atoms with E-state index in [0.717, 1.165) is 15.6 Å². The maximum Gasteiger partial charge on any atom is 0.311 e. The van der Waals surface area contributed by atoms with Gasteiger partial charge in [0.25, 0.3) is 0 Å². The number of nitrogens with zero attached hydrogens (tertiary/aromatic N) is 1. The van der Waals surface area contributed by atoms with Crippen LogP contribution in [0, 0.1) is 17.0 Å². The molecule has 0 aromatic heterocycles. The van der Waals surface area contributed by atoms with Gasteiger partial charge in [-0.05, 0) is 31.7 Å². The molecule has 2 aromatic rings. The number of rotatable bonds is 5. The van der Waals surface area contributed by atoms with Gasteiger partial charge >= 0.3 is 5.69 Å². The Kier molecular flexibility index (Phi) is 4.93. The third-order valence-corrected chi connectivity index (χ3v) is 3.49. The van der Waals surface area contributed by atoms with Crippen LogP contribution in [-0.4, -0.2) is 12.0 Å².